The Morgan fingerprint density at radius 3 is 1.86 bits per heavy atom. The van der Waals surface area contributed by atoms with Gasteiger partial charge in [-0.25, -0.2) is 0 Å². The number of aromatic nitrogens is 2. The molecule has 1 aliphatic carbocycles. The fraction of sp³-hybridized carbons (Fsp3) is 0.0667. The highest BCUT2D eigenvalue weighted by Gasteiger charge is 2.30. The largest absolute Gasteiger partial charge is 0.368 e. The second-order valence-electron chi connectivity index (χ2n) is 13.3. The van der Waals surface area contributed by atoms with Crippen molar-refractivity contribution in [3.8, 4) is 22.5 Å². The van der Waals surface area contributed by atoms with Gasteiger partial charge < -0.3 is 14.5 Å². The molecule has 0 amide bonds. The van der Waals surface area contributed by atoms with Crippen molar-refractivity contribution in [3.63, 3.8) is 0 Å². The number of aryl methyl sites for hydroxylation is 2. The molecule has 0 saturated carbocycles. The fourth-order valence-electron chi connectivity index (χ4n) is 8.43. The number of thioether (sulfide) groups is 1. The summed E-state index contributed by atoms with van der Waals surface area (Å²) in [5.41, 5.74) is 15.5. The van der Waals surface area contributed by atoms with Gasteiger partial charge in [-0.05, 0) is 89.7 Å². The van der Waals surface area contributed by atoms with Gasteiger partial charge in [0, 0.05) is 49.1 Å². The maximum absolute atomic E-state index is 3.80. The molecule has 11 rings (SSSR count). The Bertz CT molecular complexity index is 2770. The standard InChI is InChI=1S/C45H31N3S/c1-3-11-29(12-4-1)45-46-38-24-21-28-19-20-30-25-32(22-23-33(30)43(28)44(38)49-45)48-40-18-10-8-16-35(40)37-26-36-34-15-7-9-17-39(34)47(41(36)27-42(37)48)31-13-5-2-6-14-31/h1-18,21-27,45-46H,19-20H2. The van der Waals surface area contributed by atoms with Crippen molar-refractivity contribution in [2.75, 3.05) is 5.32 Å². The lowest BCUT2D eigenvalue weighted by Gasteiger charge is -2.23. The first kappa shape index (κ1) is 27.3. The lowest BCUT2D eigenvalue weighted by Crippen LogP contribution is -2.06. The molecule has 0 saturated heterocycles. The van der Waals surface area contributed by atoms with Crippen LogP contribution in [0, 0.1) is 0 Å². The molecule has 0 fully saturated rings. The number of rotatable bonds is 3. The van der Waals surface area contributed by atoms with E-state index in [9.17, 15) is 0 Å². The van der Waals surface area contributed by atoms with Crippen LogP contribution in [-0.4, -0.2) is 9.13 Å². The van der Waals surface area contributed by atoms with Crippen molar-refractivity contribution >= 4 is 61.1 Å². The normalized spacial score (nSPS) is 15.1. The predicted molar refractivity (Wildman–Crippen MR) is 207 cm³/mol. The summed E-state index contributed by atoms with van der Waals surface area (Å²) in [6, 6.07) is 55.9. The fourth-order valence-corrected chi connectivity index (χ4v) is 9.76. The zero-order valence-electron chi connectivity index (χ0n) is 26.7. The van der Waals surface area contributed by atoms with E-state index in [-0.39, 0.29) is 5.37 Å². The van der Waals surface area contributed by atoms with Crippen LogP contribution in [0.2, 0.25) is 0 Å². The van der Waals surface area contributed by atoms with E-state index in [1.54, 1.807) is 0 Å². The van der Waals surface area contributed by atoms with Gasteiger partial charge in [0.1, 0.15) is 5.37 Å². The van der Waals surface area contributed by atoms with Gasteiger partial charge in [-0.1, -0.05) is 109 Å². The van der Waals surface area contributed by atoms with Gasteiger partial charge in [0.05, 0.1) is 22.1 Å². The summed E-state index contributed by atoms with van der Waals surface area (Å²) in [7, 11) is 0. The minimum absolute atomic E-state index is 0.230. The molecule has 1 aliphatic heterocycles. The molecule has 9 aromatic rings. The molecule has 1 unspecified atom stereocenters. The Balaban J connectivity index is 1.11. The number of nitrogens with one attached hydrogen (secondary N) is 1. The third-order valence-corrected chi connectivity index (χ3v) is 11.9. The summed E-state index contributed by atoms with van der Waals surface area (Å²) >= 11 is 1.96. The zero-order chi connectivity index (χ0) is 32.1. The number of hydrogen-bond donors (Lipinski definition) is 1. The van der Waals surface area contributed by atoms with E-state index in [0.29, 0.717) is 0 Å². The highest BCUT2D eigenvalue weighted by atomic mass is 32.2. The van der Waals surface area contributed by atoms with Gasteiger partial charge in [0.25, 0.3) is 0 Å². The molecule has 3 heterocycles. The van der Waals surface area contributed by atoms with Crippen molar-refractivity contribution in [1.82, 2.24) is 9.13 Å². The second-order valence-corrected chi connectivity index (χ2v) is 14.4. The third-order valence-electron chi connectivity index (χ3n) is 10.6. The van der Waals surface area contributed by atoms with E-state index in [1.807, 2.05) is 11.8 Å². The summed E-state index contributed by atoms with van der Waals surface area (Å²) in [6.07, 6.45) is 2.10. The van der Waals surface area contributed by atoms with Crippen molar-refractivity contribution in [1.29, 1.82) is 0 Å². The minimum Gasteiger partial charge on any atom is -0.368 e. The summed E-state index contributed by atoms with van der Waals surface area (Å²) in [4.78, 5) is 1.38. The lowest BCUT2D eigenvalue weighted by atomic mass is 9.85. The zero-order valence-corrected chi connectivity index (χ0v) is 27.5. The van der Waals surface area contributed by atoms with Crippen molar-refractivity contribution in [3.05, 3.63) is 168 Å². The van der Waals surface area contributed by atoms with Crippen LogP contribution in [0.15, 0.2) is 157 Å². The molecule has 3 nitrogen and oxygen atoms in total. The Morgan fingerprint density at radius 2 is 1.12 bits per heavy atom. The number of hydrogen-bond acceptors (Lipinski definition) is 2. The summed E-state index contributed by atoms with van der Waals surface area (Å²) in [5.74, 6) is 0. The number of fused-ring (bicyclic) bond motifs is 11. The van der Waals surface area contributed by atoms with E-state index in [4.69, 9.17) is 0 Å². The Kier molecular flexibility index (Phi) is 5.78. The molecule has 232 valence electrons. The van der Waals surface area contributed by atoms with Gasteiger partial charge in [-0.2, -0.15) is 0 Å². The Labute approximate surface area is 288 Å². The van der Waals surface area contributed by atoms with Gasteiger partial charge >= 0.3 is 0 Å². The minimum atomic E-state index is 0.230. The highest BCUT2D eigenvalue weighted by Crippen LogP contribution is 2.53. The molecule has 7 aromatic carbocycles. The summed E-state index contributed by atoms with van der Waals surface area (Å²) < 4.78 is 4.91. The molecule has 1 atom stereocenters. The van der Waals surface area contributed by atoms with E-state index in [1.165, 1.54) is 93.4 Å². The first-order chi connectivity index (χ1) is 24.3. The van der Waals surface area contributed by atoms with E-state index in [0.717, 1.165) is 12.8 Å². The van der Waals surface area contributed by atoms with Crippen molar-refractivity contribution in [2.45, 2.75) is 23.1 Å². The van der Waals surface area contributed by atoms with Crippen LogP contribution in [0.3, 0.4) is 0 Å². The Hall–Kier alpha value is -5.71. The van der Waals surface area contributed by atoms with Crippen LogP contribution >= 0.6 is 11.8 Å². The van der Waals surface area contributed by atoms with Crippen LogP contribution in [-0.2, 0) is 12.8 Å². The molecule has 1 N–H and O–H groups in total. The average molecular weight is 646 g/mol. The molecule has 0 bridgehead atoms. The summed E-state index contributed by atoms with van der Waals surface area (Å²) in [5, 5.41) is 9.17. The van der Waals surface area contributed by atoms with Gasteiger partial charge in [0.2, 0.25) is 0 Å². The number of anilines is 1. The number of para-hydroxylation sites is 3. The van der Waals surface area contributed by atoms with E-state index >= 15 is 0 Å². The van der Waals surface area contributed by atoms with E-state index in [2.05, 4.69) is 166 Å². The monoisotopic (exact) mass is 645 g/mol. The van der Waals surface area contributed by atoms with Gasteiger partial charge in [-0.3, -0.25) is 0 Å². The Morgan fingerprint density at radius 1 is 0.490 bits per heavy atom. The van der Waals surface area contributed by atoms with Crippen LogP contribution in [0.25, 0.3) is 66.1 Å². The van der Waals surface area contributed by atoms with Crippen molar-refractivity contribution in [2.24, 2.45) is 0 Å². The molecular formula is C45H31N3S. The van der Waals surface area contributed by atoms with Gasteiger partial charge in [0.15, 0.2) is 0 Å². The summed E-state index contributed by atoms with van der Waals surface area (Å²) in [6.45, 7) is 0. The van der Waals surface area contributed by atoms with Crippen LogP contribution in [0.5, 0.6) is 0 Å². The predicted octanol–water partition coefficient (Wildman–Crippen LogP) is 11.9. The highest BCUT2D eigenvalue weighted by molar-refractivity contribution is 8.00. The molecule has 2 aromatic heterocycles. The quantitative estimate of drug-likeness (QED) is 0.206. The maximum atomic E-state index is 3.80. The molecule has 49 heavy (non-hydrogen) atoms. The number of benzene rings is 7. The topological polar surface area (TPSA) is 21.9 Å². The van der Waals surface area contributed by atoms with Gasteiger partial charge in [-0.15, -0.1) is 0 Å². The van der Waals surface area contributed by atoms with Crippen molar-refractivity contribution < 1.29 is 0 Å². The molecule has 0 radical (unpaired) electrons. The smallest absolute Gasteiger partial charge is 0.103 e. The van der Waals surface area contributed by atoms with Crippen LogP contribution in [0.1, 0.15) is 22.1 Å². The molecule has 2 aliphatic rings. The molecule has 4 heteroatoms. The lowest BCUT2D eigenvalue weighted by molar-refractivity contribution is 0.932. The van der Waals surface area contributed by atoms with Crippen LogP contribution in [0.4, 0.5) is 5.69 Å². The van der Waals surface area contributed by atoms with E-state index < -0.39 is 0 Å². The molecule has 0 spiro atoms. The maximum Gasteiger partial charge on any atom is 0.103 e. The second kappa shape index (κ2) is 10.4. The third kappa shape index (κ3) is 3.98. The number of nitrogens with zero attached hydrogens (tertiary/aromatic N) is 2. The molecular weight excluding hydrogens is 615 g/mol. The van der Waals surface area contributed by atoms with Crippen LogP contribution < -0.4 is 5.32 Å². The first-order valence-corrected chi connectivity index (χ1v) is 18.0. The average Bonchev–Trinajstić information content (AvgIpc) is 3.84. The first-order valence-electron chi connectivity index (χ1n) is 17.1. The SMILES string of the molecule is c1ccc(C2Nc3ccc4c(c3S2)-c2ccc(-n3c5ccccc5c5cc6c7ccccc7n(-c7ccccc7)c6cc53)cc2CC4)cc1.